The number of nitrogens with zero attached hydrogens (tertiary/aromatic N) is 1. The number of benzene rings is 1. The topological polar surface area (TPSA) is 58.4 Å². The largest absolute Gasteiger partial charge is 0.327 e. The van der Waals surface area contributed by atoms with Gasteiger partial charge >= 0.3 is 0 Å². The molecule has 1 saturated heterocycles. The fourth-order valence-electron chi connectivity index (χ4n) is 2.62. The molecule has 2 rings (SSSR count). The van der Waals surface area contributed by atoms with Crippen molar-refractivity contribution in [2.24, 2.45) is 11.7 Å². The molecule has 23 heavy (non-hydrogen) atoms. The van der Waals surface area contributed by atoms with Crippen LogP contribution in [0.15, 0.2) is 24.3 Å². The van der Waals surface area contributed by atoms with Crippen LogP contribution >= 0.6 is 24.8 Å². The van der Waals surface area contributed by atoms with E-state index in [0.29, 0.717) is 0 Å². The summed E-state index contributed by atoms with van der Waals surface area (Å²) >= 11 is 0. The maximum absolute atomic E-state index is 12.1. The molecule has 1 heterocycles. The van der Waals surface area contributed by atoms with Gasteiger partial charge in [0.1, 0.15) is 0 Å². The minimum absolute atomic E-state index is 0. The Morgan fingerprint density at radius 3 is 2.48 bits per heavy atom. The highest BCUT2D eigenvalue weighted by Gasteiger charge is 2.17. The minimum Gasteiger partial charge on any atom is -0.327 e. The molecule has 1 fully saturated rings. The lowest BCUT2D eigenvalue weighted by Crippen LogP contribution is -2.34. The summed E-state index contributed by atoms with van der Waals surface area (Å²) in [5.74, 6) is -0.198. The van der Waals surface area contributed by atoms with E-state index in [1.165, 1.54) is 37.9 Å². The van der Waals surface area contributed by atoms with Gasteiger partial charge in [-0.15, -0.1) is 24.8 Å². The standard InChI is InChI=1S/C17H27N3O.2ClH/c1-13(14(2)18)17(21)19-16-8-6-7-15(11-16)12-20-9-4-3-5-10-20;;/h6-8,11,13-14H,3-5,9-10,12,18H2,1-2H3,(H,19,21);2*1H. The van der Waals surface area contributed by atoms with Gasteiger partial charge in [0.25, 0.3) is 0 Å². The maximum Gasteiger partial charge on any atom is 0.228 e. The molecule has 1 amide bonds. The Bertz CT molecular complexity index is 477. The van der Waals surface area contributed by atoms with Crippen molar-refractivity contribution in [3.63, 3.8) is 0 Å². The van der Waals surface area contributed by atoms with Crippen LogP contribution < -0.4 is 11.1 Å². The molecule has 1 aliphatic rings. The van der Waals surface area contributed by atoms with E-state index in [2.05, 4.69) is 22.3 Å². The van der Waals surface area contributed by atoms with Crippen molar-refractivity contribution in [3.8, 4) is 0 Å². The van der Waals surface area contributed by atoms with E-state index in [9.17, 15) is 4.79 Å². The van der Waals surface area contributed by atoms with Crippen molar-refractivity contribution in [3.05, 3.63) is 29.8 Å². The van der Waals surface area contributed by atoms with E-state index in [1.807, 2.05) is 26.0 Å². The molecule has 0 aromatic heterocycles. The van der Waals surface area contributed by atoms with Crippen LogP contribution in [0.5, 0.6) is 0 Å². The van der Waals surface area contributed by atoms with Gasteiger partial charge in [-0.1, -0.05) is 25.5 Å². The number of hydrogen-bond acceptors (Lipinski definition) is 3. The van der Waals surface area contributed by atoms with Crippen molar-refractivity contribution in [1.29, 1.82) is 0 Å². The van der Waals surface area contributed by atoms with Crippen molar-refractivity contribution in [1.82, 2.24) is 4.90 Å². The molecule has 3 N–H and O–H groups in total. The Hall–Kier alpha value is -0.810. The van der Waals surface area contributed by atoms with Gasteiger partial charge in [-0.3, -0.25) is 9.69 Å². The Kier molecular flexibility index (Phi) is 10.5. The summed E-state index contributed by atoms with van der Waals surface area (Å²) in [6, 6.07) is 8.00. The molecule has 4 nitrogen and oxygen atoms in total. The second kappa shape index (κ2) is 10.9. The van der Waals surface area contributed by atoms with Crippen LogP contribution in [0.2, 0.25) is 0 Å². The number of carbonyl (C=O) groups excluding carboxylic acids is 1. The normalized spacial score (nSPS) is 17.3. The van der Waals surface area contributed by atoms with Gasteiger partial charge in [0.2, 0.25) is 5.91 Å². The zero-order valence-corrected chi connectivity index (χ0v) is 15.6. The third kappa shape index (κ3) is 7.08. The van der Waals surface area contributed by atoms with Crippen LogP contribution in [0.1, 0.15) is 38.7 Å². The first-order chi connectivity index (χ1) is 10.1. The van der Waals surface area contributed by atoms with Crippen LogP contribution in [0.4, 0.5) is 5.69 Å². The first-order valence-electron chi connectivity index (χ1n) is 7.94. The Balaban J connectivity index is 0.00000242. The second-order valence-electron chi connectivity index (χ2n) is 6.17. The predicted molar refractivity (Wildman–Crippen MR) is 102 cm³/mol. The molecule has 2 atom stereocenters. The lowest BCUT2D eigenvalue weighted by Gasteiger charge is -2.26. The highest BCUT2D eigenvalue weighted by atomic mass is 35.5. The molecule has 0 radical (unpaired) electrons. The Morgan fingerprint density at radius 1 is 1.22 bits per heavy atom. The molecule has 132 valence electrons. The van der Waals surface area contributed by atoms with Gasteiger partial charge in [-0.25, -0.2) is 0 Å². The SMILES string of the molecule is CC(N)C(C)C(=O)Nc1cccc(CN2CCCCC2)c1.Cl.Cl. The predicted octanol–water partition coefficient (Wildman–Crippen LogP) is 3.44. The van der Waals surface area contributed by atoms with Crippen LogP contribution in [0, 0.1) is 5.92 Å². The number of rotatable bonds is 5. The monoisotopic (exact) mass is 361 g/mol. The molecule has 1 aliphatic heterocycles. The van der Waals surface area contributed by atoms with Crippen LogP contribution in [-0.4, -0.2) is 29.9 Å². The Morgan fingerprint density at radius 2 is 1.87 bits per heavy atom. The van der Waals surface area contributed by atoms with Crippen molar-refractivity contribution >= 4 is 36.4 Å². The molecular weight excluding hydrogens is 333 g/mol. The third-order valence-electron chi connectivity index (χ3n) is 4.25. The van der Waals surface area contributed by atoms with E-state index < -0.39 is 0 Å². The van der Waals surface area contributed by atoms with Gasteiger partial charge in [-0.2, -0.15) is 0 Å². The lowest BCUT2D eigenvalue weighted by molar-refractivity contribution is -0.119. The van der Waals surface area contributed by atoms with Gasteiger partial charge < -0.3 is 11.1 Å². The van der Waals surface area contributed by atoms with Crippen molar-refractivity contribution in [2.45, 2.75) is 45.7 Å². The first kappa shape index (κ1) is 22.2. The zero-order valence-electron chi connectivity index (χ0n) is 14.0. The number of hydrogen-bond donors (Lipinski definition) is 2. The fraction of sp³-hybridized carbons (Fsp3) is 0.588. The highest BCUT2D eigenvalue weighted by molar-refractivity contribution is 5.92. The van der Waals surface area contributed by atoms with E-state index in [4.69, 9.17) is 5.73 Å². The average molecular weight is 362 g/mol. The quantitative estimate of drug-likeness (QED) is 0.844. The summed E-state index contributed by atoms with van der Waals surface area (Å²) < 4.78 is 0. The number of halogens is 2. The number of nitrogens with two attached hydrogens (primary N) is 1. The molecule has 0 spiro atoms. The molecule has 0 bridgehead atoms. The summed E-state index contributed by atoms with van der Waals surface area (Å²) in [6.07, 6.45) is 3.94. The summed E-state index contributed by atoms with van der Waals surface area (Å²) in [5.41, 5.74) is 7.89. The molecule has 0 aliphatic carbocycles. The summed E-state index contributed by atoms with van der Waals surface area (Å²) in [5, 5.41) is 2.96. The van der Waals surface area contributed by atoms with Gasteiger partial charge in [0.05, 0.1) is 5.92 Å². The summed E-state index contributed by atoms with van der Waals surface area (Å²) in [6.45, 7) is 7.04. The lowest BCUT2D eigenvalue weighted by atomic mass is 10.0. The number of amides is 1. The number of carbonyl (C=O) groups is 1. The average Bonchev–Trinajstić information content (AvgIpc) is 2.47. The van der Waals surface area contributed by atoms with E-state index in [-0.39, 0.29) is 42.7 Å². The highest BCUT2D eigenvalue weighted by Crippen LogP contribution is 2.17. The summed E-state index contributed by atoms with van der Waals surface area (Å²) in [7, 11) is 0. The minimum atomic E-state index is -0.184. The number of anilines is 1. The van der Waals surface area contributed by atoms with Gasteiger partial charge in [0.15, 0.2) is 0 Å². The van der Waals surface area contributed by atoms with Gasteiger partial charge in [0, 0.05) is 18.3 Å². The van der Waals surface area contributed by atoms with Gasteiger partial charge in [-0.05, 0) is 50.6 Å². The van der Waals surface area contributed by atoms with Crippen molar-refractivity contribution in [2.75, 3.05) is 18.4 Å². The molecule has 0 saturated carbocycles. The first-order valence-corrected chi connectivity index (χ1v) is 7.94. The van der Waals surface area contributed by atoms with Crippen LogP contribution in [0.3, 0.4) is 0 Å². The number of likely N-dealkylation sites (tertiary alicyclic amines) is 1. The van der Waals surface area contributed by atoms with E-state index in [0.717, 1.165) is 12.2 Å². The fourth-order valence-corrected chi connectivity index (χ4v) is 2.62. The zero-order chi connectivity index (χ0) is 15.2. The molecule has 2 unspecified atom stereocenters. The second-order valence-corrected chi connectivity index (χ2v) is 6.17. The summed E-state index contributed by atoms with van der Waals surface area (Å²) in [4.78, 5) is 14.5. The van der Waals surface area contributed by atoms with E-state index >= 15 is 0 Å². The third-order valence-corrected chi connectivity index (χ3v) is 4.25. The molecule has 1 aromatic rings. The number of piperidine rings is 1. The van der Waals surface area contributed by atoms with E-state index in [1.54, 1.807) is 0 Å². The molecule has 6 heteroatoms. The van der Waals surface area contributed by atoms with Crippen molar-refractivity contribution < 1.29 is 4.79 Å². The maximum atomic E-state index is 12.1. The number of nitrogens with one attached hydrogen (secondary N) is 1. The smallest absolute Gasteiger partial charge is 0.228 e. The Labute approximate surface area is 152 Å². The van der Waals surface area contributed by atoms with Crippen LogP contribution in [-0.2, 0) is 11.3 Å². The molecular formula is C17H29Cl2N3O. The van der Waals surface area contributed by atoms with Crippen LogP contribution in [0.25, 0.3) is 0 Å². The molecule has 1 aromatic carbocycles.